The molecule has 0 atom stereocenters. The van der Waals surface area contributed by atoms with Crippen LogP contribution < -0.4 is 0 Å². The Kier molecular flexibility index (Phi) is 3.54. The highest BCUT2D eigenvalue weighted by Gasteiger charge is 2.22. The molecule has 0 fully saturated rings. The quantitative estimate of drug-likeness (QED) is 0.637. The number of carbonyl (C=O) groups is 2. The van der Waals surface area contributed by atoms with Gasteiger partial charge in [0.1, 0.15) is 0 Å². The molecule has 4 nitrogen and oxygen atoms in total. The maximum Gasteiger partial charge on any atom is 0.339 e. The summed E-state index contributed by atoms with van der Waals surface area (Å²) in [5.41, 5.74) is 0.156. The SMILES string of the molecule is COC(=O)c1csc(SC)c1C(=O)O. The highest BCUT2D eigenvalue weighted by atomic mass is 32.2. The first-order chi connectivity index (χ1) is 6.61. The summed E-state index contributed by atoms with van der Waals surface area (Å²) in [7, 11) is 1.23. The number of carboxylic acids is 1. The van der Waals surface area contributed by atoms with Crippen molar-refractivity contribution in [3.63, 3.8) is 0 Å². The third-order valence-corrected chi connectivity index (χ3v) is 3.70. The van der Waals surface area contributed by atoms with E-state index in [1.165, 1.54) is 35.6 Å². The van der Waals surface area contributed by atoms with Crippen LogP contribution in [0.5, 0.6) is 0 Å². The normalized spacial score (nSPS) is 9.86. The zero-order valence-electron chi connectivity index (χ0n) is 7.57. The highest BCUT2D eigenvalue weighted by molar-refractivity contribution is 8.00. The molecule has 0 unspecified atom stereocenters. The van der Waals surface area contributed by atoms with Crippen molar-refractivity contribution < 1.29 is 19.4 Å². The van der Waals surface area contributed by atoms with E-state index < -0.39 is 11.9 Å². The first-order valence-corrected chi connectivity index (χ1v) is 5.69. The van der Waals surface area contributed by atoms with Gasteiger partial charge in [0, 0.05) is 5.38 Å². The molecule has 0 aliphatic carbocycles. The van der Waals surface area contributed by atoms with Gasteiger partial charge in [-0.2, -0.15) is 0 Å². The van der Waals surface area contributed by atoms with Gasteiger partial charge in [0.25, 0.3) is 0 Å². The van der Waals surface area contributed by atoms with Crippen molar-refractivity contribution in [2.75, 3.05) is 13.4 Å². The van der Waals surface area contributed by atoms with Gasteiger partial charge >= 0.3 is 11.9 Å². The number of carbonyl (C=O) groups excluding carboxylic acids is 1. The van der Waals surface area contributed by atoms with Gasteiger partial charge in [-0.05, 0) is 6.26 Å². The van der Waals surface area contributed by atoms with Crippen LogP contribution in [0.15, 0.2) is 9.59 Å². The van der Waals surface area contributed by atoms with E-state index in [4.69, 9.17) is 5.11 Å². The summed E-state index contributed by atoms with van der Waals surface area (Å²) >= 11 is 2.53. The minimum atomic E-state index is -1.10. The smallest absolute Gasteiger partial charge is 0.339 e. The molecule has 0 saturated heterocycles. The van der Waals surface area contributed by atoms with E-state index in [2.05, 4.69) is 4.74 Å². The van der Waals surface area contributed by atoms with E-state index >= 15 is 0 Å². The second-order valence-electron chi connectivity index (χ2n) is 2.31. The van der Waals surface area contributed by atoms with E-state index in [0.29, 0.717) is 4.21 Å². The van der Waals surface area contributed by atoms with Crippen LogP contribution in [-0.2, 0) is 4.74 Å². The summed E-state index contributed by atoms with van der Waals surface area (Å²) < 4.78 is 5.09. The van der Waals surface area contributed by atoms with Crippen LogP contribution >= 0.6 is 23.1 Å². The van der Waals surface area contributed by atoms with Crippen molar-refractivity contribution in [3.8, 4) is 0 Å². The van der Waals surface area contributed by atoms with E-state index in [1.807, 2.05) is 0 Å². The molecule has 0 aliphatic heterocycles. The summed E-state index contributed by atoms with van der Waals surface area (Å²) in [4.78, 5) is 22.0. The molecule has 0 bridgehead atoms. The topological polar surface area (TPSA) is 63.6 Å². The maximum atomic E-state index is 11.2. The summed E-state index contributed by atoms with van der Waals surface area (Å²) in [5.74, 6) is -1.71. The Morgan fingerprint density at radius 2 is 2.21 bits per heavy atom. The lowest BCUT2D eigenvalue weighted by molar-refractivity contribution is 0.0582. The Hall–Kier alpha value is -1.01. The van der Waals surface area contributed by atoms with E-state index in [0.717, 1.165) is 0 Å². The molecule has 0 amide bonds. The van der Waals surface area contributed by atoms with Gasteiger partial charge in [-0.15, -0.1) is 23.1 Å². The minimum absolute atomic E-state index is 0.0364. The van der Waals surface area contributed by atoms with Gasteiger partial charge in [0.05, 0.1) is 22.4 Å². The van der Waals surface area contributed by atoms with Gasteiger partial charge in [0.2, 0.25) is 0 Å². The Labute approximate surface area is 88.9 Å². The van der Waals surface area contributed by atoms with Crippen LogP contribution in [0.2, 0.25) is 0 Å². The average Bonchev–Trinajstić information content (AvgIpc) is 2.59. The molecule has 1 heterocycles. The van der Waals surface area contributed by atoms with Gasteiger partial charge in [-0.25, -0.2) is 9.59 Å². The first kappa shape index (κ1) is 11.1. The molecule has 76 valence electrons. The molecule has 1 rings (SSSR count). The standard InChI is InChI=1S/C8H8O4S2/c1-12-7(11)4-3-14-8(13-2)5(4)6(9)10/h3H,1-2H3,(H,9,10). The molecule has 0 spiro atoms. The van der Waals surface area contributed by atoms with Crippen LogP contribution in [0.25, 0.3) is 0 Å². The van der Waals surface area contributed by atoms with E-state index in [1.54, 1.807) is 6.26 Å². The number of esters is 1. The summed E-state index contributed by atoms with van der Waals surface area (Å²) in [6.45, 7) is 0. The summed E-state index contributed by atoms with van der Waals surface area (Å²) in [6, 6.07) is 0. The van der Waals surface area contributed by atoms with Crippen LogP contribution in [0.4, 0.5) is 0 Å². The second-order valence-corrected chi connectivity index (χ2v) is 4.27. The van der Waals surface area contributed by atoms with Crippen molar-refractivity contribution in [3.05, 3.63) is 16.5 Å². The number of hydrogen-bond acceptors (Lipinski definition) is 5. The molecule has 1 aromatic rings. The minimum Gasteiger partial charge on any atom is -0.478 e. The second kappa shape index (κ2) is 4.47. The molecular formula is C8H8O4S2. The average molecular weight is 232 g/mol. The molecule has 1 aromatic heterocycles. The molecular weight excluding hydrogens is 224 g/mol. The fourth-order valence-electron chi connectivity index (χ4n) is 0.953. The van der Waals surface area contributed by atoms with Crippen molar-refractivity contribution in [2.45, 2.75) is 4.21 Å². The van der Waals surface area contributed by atoms with Gasteiger partial charge < -0.3 is 9.84 Å². The van der Waals surface area contributed by atoms with Crippen LogP contribution in [0, 0.1) is 0 Å². The van der Waals surface area contributed by atoms with E-state index in [-0.39, 0.29) is 11.1 Å². The summed E-state index contributed by atoms with van der Waals surface area (Å²) in [5, 5.41) is 10.4. The molecule has 0 saturated carbocycles. The number of carboxylic acid groups (broad SMARTS) is 1. The fraction of sp³-hybridized carbons (Fsp3) is 0.250. The van der Waals surface area contributed by atoms with Crippen molar-refractivity contribution in [1.29, 1.82) is 0 Å². The molecule has 14 heavy (non-hydrogen) atoms. The zero-order valence-corrected chi connectivity index (χ0v) is 9.20. The molecule has 1 N–H and O–H groups in total. The number of aromatic carboxylic acids is 1. The van der Waals surface area contributed by atoms with Gasteiger partial charge in [-0.3, -0.25) is 0 Å². The summed E-state index contributed by atoms with van der Waals surface area (Å²) in [6.07, 6.45) is 1.76. The van der Waals surface area contributed by atoms with Crippen molar-refractivity contribution >= 4 is 35.0 Å². The Morgan fingerprint density at radius 1 is 1.57 bits per heavy atom. The molecule has 0 radical (unpaired) electrons. The fourth-order valence-corrected chi connectivity index (χ4v) is 2.64. The largest absolute Gasteiger partial charge is 0.478 e. The maximum absolute atomic E-state index is 11.2. The number of ether oxygens (including phenoxy) is 1. The van der Waals surface area contributed by atoms with E-state index in [9.17, 15) is 9.59 Å². The number of thioether (sulfide) groups is 1. The Morgan fingerprint density at radius 3 is 2.64 bits per heavy atom. The lowest BCUT2D eigenvalue weighted by Crippen LogP contribution is -2.07. The molecule has 0 aliphatic rings. The van der Waals surface area contributed by atoms with Crippen molar-refractivity contribution in [1.82, 2.24) is 0 Å². The molecule has 6 heteroatoms. The Bertz CT molecular complexity index is 369. The van der Waals surface area contributed by atoms with Gasteiger partial charge in [0.15, 0.2) is 0 Å². The number of hydrogen-bond donors (Lipinski definition) is 1. The predicted molar refractivity (Wildman–Crippen MR) is 54.4 cm³/mol. The van der Waals surface area contributed by atoms with Crippen LogP contribution in [-0.4, -0.2) is 30.4 Å². The lowest BCUT2D eigenvalue weighted by atomic mass is 10.2. The zero-order chi connectivity index (χ0) is 10.7. The Balaban J connectivity index is 3.24. The lowest BCUT2D eigenvalue weighted by Gasteiger charge is -1.99. The van der Waals surface area contributed by atoms with Crippen LogP contribution in [0.3, 0.4) is 0 Å². The first-order valence-electron chi connectivity index (χ1n) is 3.59. The monoisotopic (exact) mass is 232 g/mol. The van der Waals surface area contributed by atoms with Crippen molar-refractivity contribution in [2.24, 2.45) is 0 Å². The number of methoxy groups -OCH3 is 1. The number of thiophene rings is 1. The highest BCUT2D eigenvalue weighted by Crippen LogP contribution is 2.31. The third-order valence-electron chi connectivity index (χ3n) is 1.56. The van der Waals surface area contributed by atoms with Gasteiger partial charge in [-0.1, -0.05) is 0 Å². The van der Waals surface area contributed by atoms with Crippen LogP contribution in [0.1, 0.15) is 20.7 Å². The number of rotatable bonds is 3. The molecule has 0 aromatic carbocycles. The third kappa shape index (κ3) is 1.91. The predicted octanol–water partition coefficient (Wildman–Crippen LogP) is 1.95.